The summed E-state index contributed by atoms with van der Waals surface area (Å²) in [6.45, 7) is 2.19. The van der Waals surface area contributed by atoms with E-state index in [2.05, 4.69) is 6.92 Å². The van der Waals surface area contributed by atoms with Crippen LogP contribution >= 0.6 is 23.2 Å². The van der Waals surface area contributed by atoms with Crippen molar-refractivity contribution in [1.29, 1.82) is 0 Å². The Morgan fingerprint density at radius 2 is 2.00 bits per heavy atom. The number of benzene rings is 1. The lowest BCUT2D eigenvalue weighted by molar-refractivity contribution is -0.0123. The Hall–Kier alpha value is -0.240. The van der Waals surface area contributed by atoms with Gasteiger partial charge in [0.2, 0.25) is 0 Å². The molecular weight excluding hydrogens is 255 g/mol. The smallest absolute Gasteiger partial charge is 0.0691 e. The van der Waals surface area contributed by atoms with Crippen molar-refractivity contribution in [3.05, 3.63) is 33.8 Å². The first-order chi connectivity index (χ1) is 8.00. The van der Waals surface area contributed by atoms with Gasteiger partial charge < -0.3 is 5.11 Å². The van der Waals surface area contributed by atoms with Gasteiger partial charge in [0.25, 0.3) is 0 Å². The molecule has 0 aliphatic heterocycles. The Morgan fingerprint density at radius 1 is 1.35 bits per heavy atom. The molecule has 3 heteroatoms. The molecule has 2 unspecified atom stereocenters. The van der Waals surface area contributed by atoms with Crippen LogP contribution in [0.5, 0.6) is 0 Å². The average Bonchev–Trinajstić information content (AvgIpc) is 2.23. The van der Waals surface area contributed by atoms with Crippen molar-refractivity contribution in [3.63, 3.8) is 0 Å². The van der Waals surface area contributed by atoms with Crippen LogP contribution in [0.3, 0.4) is 0 Å². The van der Waals surface area contributed by atoms with Gasteiger partial charge in [-0.3, -0.25) is 0 Å². The molecule has 2 atom stereocenters. The summed E-state index contributed by atoms with van der Waals surface area (Å²) in [5, 5.41) is 11.9. The molecule has 1 aromatic carbocycles. The largest absolute Gasteiger partial charge is 0.390 e. The van der Waals surface area contributed by atoms with E-state index in [1.807, 2.05) is 18.2 Å². The number of hydrogen-bond donors (Lipinski definition) is 1. The fraction of sp³-hybridized carbons (Fsp3) is 0.571. The summed E-state index contributed by atoms with van der Waals surface area (Å²) >= 11 is 12.3. The van der Waals surface area contributed by atoms with E-state index in [-0.39, 0.29) is 0 Å². The molecule has 0 radical (unpaired) electrons. The van der Waals surface area contributed by atoms with Crippen molar-refractivity contribution in [2.45, 2.75) is 44.6 Å². The van der Waals surface area contributed by atoms with E-state index >= 15 is 0 Å². The topological polar surface area (TPSA) is 20.2 Å². The van der Waals surface area contributed by atoms with Crippen LogP contribution in [-0.4, -0.2) is 10.7 Å². The van der Waals surface area contributed by atoms with Crippen LogP contribution in [0.15, 0.2) is 18.2 Å². The SMILES string of the molecule is CC1CCCC(O)(Cc2c(Cl)cccc2Cl)C1. The first kappa shape index (κ1) is 13.2. The van der Waals surface area contributed by atoms with Gasteiger partial charge in [-0.25, -0.2) is 0 Å². The minimum atomic E-state index is -0.633. The Bertz CT molecular complexity index is 385. The van der Waals surface area contributed by atoms with Gasteiger partial charge in [-0.15, -0.1) is 0 Å². The maximum atomic E-state index is 10.6. The van der Waals surface area contributed by atoms with E-state index in [0.717, 1.165) is 24.8 Å². The molecule has 1 aliphatic carbocycles. The summed E-state index contributed by atoms with van der Waals surface area (Å²) in [5.74, 6) is 0.579. The molecule has 94 valence electrons. The second-order valence-electron chi connectivity index (χ2n) is 5.30. The summed E-state index contributed by atoms with van der Waals surface area (Å²) < 4.78 is 0. The standard InChI is InChI=1S/C14H18Cl2O/c1-10-4-3-7-14(17,8-10)9-11-12(15)5-2-6-13(11)16/h2,5-6,10,17H,3-4,7-9H2,1H3. The predicted molar refractivity (Wildman–Crippen MR) is 72.7 cm³/mol. The first-order valence-corrected chi connectivity index (χ1v) is 6.91. The van der Waals surface area contributed by atoms with E-state index in [1.54, 1.807) is 0 Å². The van der Waals surface area contributed by atoms with Crippen LogP contribution in [0.2, 0.25) is 10.0 Å². The van der Waals surface area contributed by atoms with Gasteiger partial charge in [0.15, 0.2) is 0 Å². The predicted octanol–water partition coefficient (Wildman–Crippen LogP) is 4.48. The van der Waals surface area contributed by atoms with E-state index in [0.29, 0.717) is 22.4 Å². The summed E-state index contributed by atoms with van der Waals surface area (Å²) in [5.41, 5.74) is 0.249. The van der Waals surface area contributed by atoms with Crippen LogP contribution in [0.1, 0.15) is 38.2 Å². The van der Waals surface area contributed by atoms with Crippen LogP contribution in [0, 0.1) is 5.92 Å². The van der Waals surface area contributed by atoms with Crippen molar-refractivity contribution in [1.82, 2.24) is 0 Å². The van der Waals surface area contributed by atoms with Crippen molar-refractivity contribution in [2.24, 2.45) is 5.92 Å². The molecule has 0 saturated heterocycles. The summed E-state index contributed by atoms with van der Waals surface area (Å²) in [6.07, 6.45) is 4.54. The van der Waals surface area contributed by atoms with Gasteiger partial charge in [0, 0.05) is 16.5 Å². The van der Waals surface area contributed by atoms with Gasteiger partial charge in [0.05, 0.1) is 5.60 Å². The zero-order chi connectivity index (χ0) is 12.5. The third kappa shape index (κ3) is 3.15. The second kappa shape index (κ2) is 5.17. The van der Waals surface area contributed by atoms with Crippen LogP contribution in [0.4, 0.5) is 0 Å². The van der Waals surface area contributed by atoms with Gasteiger partial charge in [-0.2, -0.15) is 0 Å². The molecule has 1 aliphatic rings. The highest BCUT2D eigenvalue weighted by Gasteiger charge is 2.33. The van der Waals surface area contributed by atoms with Crippen molar-refractivity contribution in [3.8, 4) is 0 Å². The number of halogens is 2. The lowest BCUT2D eigenvalue weighted by Crippen LogP contribution is -2.36. The summed E-state index contributed by atoms with van der Waals surface area (Å²) in [4.78, 5) is 0. The molecule has 0 amide bonds. The van der Waals surface area contributed by atoms with Crippen LogP contribution in [-0.2, 0) is 6.42 Å². The highest BCUT2D eigenvalue weighted by molar-refractivity contribution is 6.36. The Balaban J connectivity index is 2.19. The molecule has 0 spiro atoms. The fourth-order valence-corrected chi connectivity index (χ4v) is 3.35. The molecular formula is C14H18Cl2O. The van der Waals surface area contributed by atoms with Gasteiger partial charge in [0.1, 0.15) is 0 Å². The Labute approximate surface area is 113 Å². The number of hydrogen-bond acceptors (Lipinski definition) is 1. The number of aliphatic hydroxyl groups is 1. The summed E-state index contributed by atoms with van der Waals surface area (Å²) in [6, 6.07) is 5.50. The second-order valence-corrected chi connectivity index (χ2v) is 6.12. The molecule has 0 aromatic heterocycles. The Kier molecular flexibility index (Phi) is 4.02. The zero-order valence-electron chi connectivity index (χ0n) is 10.0. The molecule has 0 heterocycles. The molecule has 1 aromatic rings. The van der Waals surface area contributed by atoms with Crippen molar-refractivity contribution in [2.75, 3.05) is 0 Å². The quantitative estimate of drug-likeness (QED) is 0.842. The number of rotatable bonds is 2. The van der Waals surface area contributed by atoms with Gasteiger partial charge in [-0.05, 0) is 36.5 Å². The monoisotopic (exact) mass is 272 g/mol. The molecule has 2 rings (SSSR count). The van der Waals surface area contributed by atoms with E-state index in [1.165, 1.54) is 6.42 Å². The Morgan fingerprint density at radius 3 is 2.59 bits per heavy atom. The minimum absolute atomic E-state index is 0.565. The van der Waals surface area contributed by atoms with Crippen molar-refractivity contribution < 1.29 is 5.11 Å². The molecule has 0 bridgehead atoms. The van der Waals surface area contributed by atoms with Gasteiger partial charge >= 0.3 is 0 Å². The van der Waals surface area contributed by atoms with Crippen LogP contribution < -0.4 is 0 Å². The molecule has 1 saturated carbocycles. The van der Waals surface area contributed by atoms with Crippen molar-refractivity contribution >= 4 is 23.2 Å². The molecule has 17 heavy (non-hydrogen) atoms. The molecule has 1 N–H and O–H groups in total. The first-order valence-electron chi connectivity index (χ1n) is 6.15. The third-order valence-electron chi connectivity index (χ3n) is 3.64. The normalized spacial score (nSPS) is 29.3. The van der Waals surface area contributed by atoms with E-state index in [4.69, 9.17) is 23.2 Å². The maximum Gasteiger partial charge on any atom is 0.0691 e. The van der Waals surface area contributed by atoms with Crippen LogP contribution in [0.25, 0.3) is 0 Å². The minimum Gasteiger partial charge on any atom is -0.390 e. The third-order valence-corrected chi connectivity index (χ3v) is 4.34. The van der Waals surface area contributed by atoms with E-state index in [9.17, 15) is 5.11 Å². The lowest BCUT2D eigenvalue weighted by atomic mass is 9.76. The average molecular weight is 273 g/mol. The highest BCUT2D eigenvalue weighted by Crippen LogP contribution is 2.37. The molecule has 1 nitrogen and oxygen atoms in total. The lowest BCUT2D eigenvalue weighted by Gasteiger charge is -2.36. The fourth-order valence-electron chi connectivity index (χ4n) is 2.82. The molecule has 1 fully saturated rings. The summed E-state index contributed by atoms with van der Waals surface area (Å²) in [7, 11) is 0. The maximum absolute atomic E-state index is 10.6. The van der Waals surface area contributed by atoms with Gasteiger partial charge in [-0.1, -0.05) is 49.0 Å². The zero-order valence-corrected chi connectivity index (χ0v) is 11.6. The van der Waals surface area contributed by atoms with E-state index < -0.39 is 5.60 Å². The highest BCUT2D eigenvalue weighted by atomic mass is 35.5.